The fourth-order valence-corrected chi connectivity index (χ4v) is 1.97. The van der Waals surface area contributed by atoms with Crippen LogP contribution in [-0.4, -0.2) is 32.3 Å². The third-order valence-electron chi connectivity index (χ3n) is 2.47. The summed E-state index contributed by atoms with van der Waals surface area (Å²) in [5.41, 5.74) is 1.04. The molecule has 1 atom stereocenters. The van der Waals surface area contributed by atoms with Crippen LogP contribution >= 0.6 is 0 Å². The molecule has 5 heteroatoms. The van der Waals surface area contributed by atoms with Gasteiger partial charge in [-0.05, 0) is 19.8 Å². The molecule has 0 bridgehead atoms. The second-order valence-electron chi connectivity index (χ2n) is 4.05. The van der Waals surface area contributed by atoms with E-state index in [1.807, 2.05) is 6.92 Å². The van der Waals surface area contributed by atoms with Crippen molar-refractivity contribution in [2.75, 3.05) is 23.9 Å². The molecule has 1 unspecified atom stereocenters. The lowest BCUT2D eigenvalue weighted by Gasteiger charge is -2.07. The van der Waals surface area contributed by atoms with Crippen LogP contribution in [0.25, 0.3) is 0 Å². The van der Waals surface area contributed by atoms with E-state index in [-0.39, 0.29) is 0 Å². The maximum atomic E-state index is 10.9. The fourth-order valence-electron chi connectivity index (χ4n) is 1.58. The van der Waals surface area contributed by atoms with E-state index in [0.717, 1.165) is 18.2 Å². The van der Waals surface area contributed by atoms with Crippen molar-refractivity contribution >= 4 is 16.7 Å². The molecule has 2 rings (SSSR count). The van der Waals surface area contributed by atoms with E-state index >= 15 is 0 Å². The molecule has 1 fully saturated rings. The minimum absolute atomic E-state index is 0.640. The van der Waals surface area contributed by atoms with Crippen LogP contribution in [0.5, 0.6) is 0 Å². The van der Waals surface area contributed by atoms with Gasteiger partial charge in [-0.25, -0.2) is 4.98 Å². The minimum Gasteiger partial charge on any atom is -0.355 e. The highest BCUT2D eigenvalue weighted by Crippen LogP contribution is 2.37. The van der Waals surface area contributed by atoms with Crippen LogP contribution in [0, 0.1) is 6.92 Å². The maximum absolute atomic E-state index is 10.9. The van der Waals surface area contributed by atoms with Crippen LogP contribution in [-0.2, 0) is 10.8 Å². The van der Waals surface area contributed by atoms with E-state index in [1.54, 1.807) is 6.26 Å². The molecular weight excluding hydrogens is 210 g/mol. The number of hydrogen-bond donors (Lipinski definition) is 1. The second-order valence-corrected chi connectivity index (χ2v) is 5.60. The lowest BCUT2D eigenvalue weighted by molar-refractivity contribution is 0.686. The topological polar surface area (TPSA) is 46.9 Å². The zero-order chi connectivity index (χ0) is 10.8. The SMILES string of the molecule is Cc1cn(C2CC2)c(NCCS(C)=O)n1. The van der Waals surface area contributed by atoms with Crippen LogP contribution in [0.15, 0.2) is 6.20 Å². The Kier molecular flexibility index (Phi) is 3.09. The van der Waals surface area contributed by atoms with Crippen molar-refractivity contribution < 1.29 is 4.21 Å². The Morgan fingerprint density at radius 3 is 3.00 bits per heavy atom. The number of imidazole rings is 1. The lowest BCUT2D eigenvalue weighted by atomic mass is 10.5. The summed E-state index contributed by atoms with van der Waals surface area (Å²) in [5.74, 6) is 1.61. The van der Waals surface area contributed by atoms with Gasteiger partial charge in [0.05, 0.1) is 5.69 Å². The molecule has 0 aliphatic heterocycles. The fraction of sp³-hybridized carbons (Fsp3) is 0.700. The Bertz CT molecular complexity index is 371. The zero-order valence-corrected chi connectivity index (χ0v) is 10.0. The number of anilines is 1. The van der Waals surface area contributed by atoms with E-state index in [4.69, 9.17) is 0 Å². The summed E-state index contributed by atoms with van der Waals surface area (Å²) in [6.07, 6.45) is 6.32. The minimum atomic E-state index is -0.734. The van der Waals surface area contributed by atoms with Gasteiger partial charge in [-0.3, -0.25) is 4.21 Å². The number of aromatic nitrogens is 2. The van der Waals surface area contributed by atoms with Crippen LogP contribution in [0.3, 0.4) is 0 Å². The average Bonchev–Trinajstić information content (AvgIpc) is 2.91. The normalized spacial score (nSPS) is 17.7. The molecule has 1 heterocycles. The predicted molar refractivity (Wildman–Crippen MR) is 62.7 cm³/mol. The summed E-state index contributed by atoms with van der Waals surface area (Å²) in [6, 6.07) is 0.640. The summed E-state index contributed by atoms with van der Waals surface area (Å²) in [7, 11) is -0.734. The van der Waals surface area contributed by atoms with Gasteiger partial charge in [0.1, 0.15) is 0 Å². The van der Waals surface area contributed by atoms with Crippen molar-refractivity contribution in [2.24, 2.45) is 0 Å². The Morgan fingerprint density at radius 1 is 1.67 bits per heavy atom. The standard InChI is InChI=1S/C10H17N3OS/c1-8-7-13(9-3-4-9)10(12-8)11-5-6-15(2)14/h7,9H,3-6H2,1-2H3,(H,11,12). The van der Waals surface area contributed by atoms with Crippen molar-refractivity contribution in [2.45, 2.75) is 25.8 Å². The largest absolute Gasteiger partial charge is 0.355 e. The Balaban J connectivity index is 1.97. The van der Waals surface area contributed by atoms with Crippen LogP contribution in [0.4, 0.5) is 5.95 Å². The highest BCUT2D eigenvalue weighted by atomic mass is 32.2. The van der Waals surface area contributed by atoms with Gasteiger partial charge >= 0.3 is 0 Å². The predicted octanol–water partition coefficient (Wildman–Crippen LogP) is 1.32. The summed E-state index contributed by atoms with van der Waals surface area (Å²) in [4.78, 5) is 4.42. The number of nitrogens with one attached hydrogen (secondary N) is 1. The van der Waals surface area contributed by atoms with Gasteiger partial charge in [0.15, 0.2) is 0 Å². The molecular formula is C10H17N3OS. The first kappa shape index (κ1) is 10.7. The summed E-state index contributed by atoms with van der Waals surface area (Å²) in [6.45, 7) is 2.73. The molecule has 1 saturated carbocycles. The first-order valence-electron chi connectivity index (χ1n) is 5.26. The molecule has 1 aliphatic carbocycles. The molecule has 0 spiro atoms. The van der Waals surface area contributed by atoms with Crippen molar-refractivity contribution in [3.8, 4) is 0 Å². The average molecular weight is 227 g/mol. The molecule has 1 aromatic rings. The van der Waals surface area contributed by atoms with E-state index in [9.17, 15) is 4.21 Å². The molecule has 0 radical (unpaired) electrons. The Hall–Kier alpha value is -0.840. The van der Waals surface area contributed by atoms with Gasteiger partial charge < -0.3 is 9.88 Å². The van der Waals surface area contributed by atoms with Gasteiger partial charge in [0.2, 0.25) is 5.95 Å². The summed E-state index contributed by atoms with van der Waals surface area (Å²) in [5, 5.41) is 3.25. The third-order valence-corrected chi connectivity index (χ3v) is 3.24. The van der Waals surface area contributed by atoms with E-state index in [2.05, 4.69) is 21.1 Å². The number of aryl methyl sites for hydroxylation is 1. The van der Waals surface area contributed by atoms with E-state index in [1.165, 1.54) is 12.8 Å². The van der Waals surface area contributed by atoms with Gasteiger partial charge in [-0.15, -0.1) is 0 Å². The van der Waals surface area contributed by atoms with Crippen LogP contribution in [0.2, 0.25) is 0 Å². The van der Waals surface area contributed by atoms with Crippen LogP contribution < -0.4 is 5.32 Å². The molecule has 4 nitrogen and oxygen atoms in total. The number of rotatable bonds is 5. The third kappa shape index (κ3) is 2.81. The molecule has 84 valence electrons. The lowest BCUT2D eigenvalue weighted by Crippen LogP contribution is -2.13. The number of nitrogens with zero attached hydrogens (tertiary/aromatic N) is 2. The molecule has 0 amide bonds. The maximum Gasteiger partial charge on any atom is 0.203 e. The van der Waals surface area contributed by atoms with Gasteiger partial charge in [-0.2, -0.15) is 0 Å². The molecule has 1 N–H and O–H groups in total. The van der Waals surface area contributed by atoms with Crippen molar-refractivity contribution in [1.82, 2.24) is 9.55 Å². The van der Waals surface area contributed by atoms with Gasteiger partial charge in [0, 0.05) is 41.6 Å². The van der Waals surface area contributed by atoms with Crippen LogP contribution in [0.1, 0.15) is 24.6 Å². The highest BCUT2D eigenvalue weighted by Gasteiger charge is 2.25. The molecule has 1 aromatic heterocycles. The first-order valence-corrected chi connectivity index (χ1v) is 6.99. The summed E-state index contributed by atoms with van der Waals surface area (Å²) < 4.78 is 13.1. The van der Waals surface area contributed by atoms with E-state index in [0.29, 0.717) is 11.8 Å². The quantitative estimate of drug-likeness (QED) is 0.825. The van der Waals surface area contributed by atoms with Crippen molar-refractivity contribution in [3.05, 3.63) is 11.9 Å². The summed E-state index contributed by atoms with van der Waals surface area (Å²) >= 11 is 0. The second kappa shape index (κ2) is 4.35. The van der Waals surface area contributed by atoms with E-state index < -0.39 is 10.8 Å². The molecule has 0 saturated heterocycles. The Morgan fingerprint density at radius 2 is 2.40 bits per heavy atom. The van der Waals surface area contributed by atoms with Crippen molar-refractivity contribution in [1.29, 1.82) is 0 Å². The zero-order valence-electron chi connectivity index (χ0n) is 9.19. The molecule has 0 aromatic carbocycles. The first-order chi connectivity index (χ1) is 7.16. The molecule has 15 heavy (non-hydrogen) atoms. The molecule has 1 aliphatic rings. The van der Waals surface area contributed by atoms with Gasteiger partial charge in [-0.1, -0.05) is 0 Å². The van der Waals surface area contributed by atoms with Gasteiger partial charge in [0.25, 0.3) is 0 Å². The highest BCUT2D eigenvalue weighted by molar-refractivity contribution is 7.84. The number of hydrogen-bond acceptors (Lipinski definition) is 3. The smallest absolute Gasteiger partial charge is 0.203 e. The monoisotopic (exact) mass is 227 g/mol. The Labute approximate surface area is 92.5 Å². The van der Waals surface area contributed by atoms with Crippen molar-refractivity contribution in [3.63, 3.8) is 0 Å².